The smallest absolute Gasteiger partial charge is 0.270 e. The maximum absolute atomic E-state index is 11.0. The Morgan fingerprint density at radius 1 is 0.714 bits per heavy atom. The number of phenols is 3. The van der Waals surface area contributed by atoms with Gasteiger partial charge in [0.05, 0.1) is 24.8 Å². The van der Waals surface area contributed by atoms with Crippen LogP contribution in [0.15, 0.2) is 42.2 Å². The predicted octanol–water partition coefficient (Wildman–Crippen LogP) is -2.22. The van der Waals surface area contributed by atoms with Gasteiger partial charge in [-0.15, -0.1) is 0 Å². The lowest BCUT2D eigenvalue weighted by molar-refractivity contribution is -0.364. The summed E-state index contributed by atoms with van der Waals surface area (Å²) < 4.78 is 27.5. The molecule has 2 saturated heterocycles. The molecule has 11 N–H and O–H groups in total. The van der Waals surface area contributed by atoms with E-state index in [0.717, 1.165) is 6.07 Å². The highest BCUT2D eigenvalue weighted by molar-refractivity contribution is 5.69. The third-order valence-corrected chi connectivity index (χ3v) is 7.37. The summed E-state index contributed by atoms with van der Waals surface area (Å²) in [5, 5.41) is 102. The third-order valence-electron chi connectivity index (χ3n) is 7.37. The molecule has 15 nitrogen and oxygen atoms in total. The Labute approximate surface area is 238 Å². The average molecular weight is 598 g/mol. The van der Waals surface area contributed by atoms with Gasteiger partial charge in [0, 0.05) is 12.1 Å². The molecule has 11 atom stereocenters. The Hall–Kier alpha value is -3.22. The predicted molar refractivity (Wildman–Crippen MR) is 138 cm³/mol. The molecule has 230 valence electrons. The van der Waals surface area contributed by atoms with E-state index in [-0.39, 0.29) is 34.3 Å². The second-order valence-corrected chi connectivity index (χ2v) is 10.2. The fraction of sp³-hybridized carbons (Fsp3) is 0.481. The number of aliphatic hydroxyl groups is 8. The summed E-state index contributed by atoms with van der Waals surface area (Å²) in [7, 11) is 0. The highest BCUT2D eigenvalue weighted by Gasteiger charge is 2.52. The van der Waals surface area contributed by atoms with E-state index in [1.54, 1.807) is 12.1 Å². The van der Waals surface area contributed by atoms with E-state index in [0.29, 0.717) is 5.56 Å². The summed E-state index contributed by atoms with van der Waals surface area (Å²) in [6.07, 6.45) is -16.1. The normalized spacial score (nSPS) is 36.5. The van der Waals surface area contributed by atoms with Gasteiger partial charge in [0.1, 0.15) is 65.5 Å². The average Bonchev–Trinajstić information content (AvgIpc) is 2.97. The molecular weight excluding hydrogens is 564 g/mol. The Balaban J connectivity index is 1.50. The molecule has 3 aliphatic rings. The topological polar surface area (TPSA) is 252 Å². The molecule has 0 bridgehead atoms. The van der Waals surface area contributed by atoms with Gasteiger partial charge in [-0.2, -0.15) is 0 Å². The minimum atomic E-state index is -1.85. The molecule has 42 heavy (non-hydrogen) atoms. The van der Waals surface area contributed by atoms with Crippen molar-refractivity contribution in [2.24, 2.45) is 0 Å². The Morgan fingerprint density at radius 3 is 1.98 bits per heavy atom. The van der Waals surface area contributed by atoms with Crippen molar-refractivity contribution in [1.82, 2.24) is 0 Å². The van der Waals surface area contributed by atoms with Crippen LogP contribution in [0.4, 0.5) is 0 Å². The van der Waals surface area contributed by atoms with Crippen LogP contribution in [-0.2, 0) is 18.9 Å². The van der Waals surface area contributed by atoms with E-state index >= 15 is 0 Å². The standard InChI is InChI=1S/C27H32O15/c28-8-17-19(33)21(35)23(37)26(40-17)42-25-22(36)20(34)18(9-29)41-27(25)39-16-7-13-14(32)5-12(31)6-15(13)38-24(16)10-1-3-11(30)4-2-10/h1-7,17-37H,8-9H2/p+1/t17-,18-,19-,20-,21+,22+,23-,24?,25-,26+,27-/m1/s1. The number of fused-ring (bicyclic) bond motifs is 1. The minimum Gasteiger partial charge on any atom is -0.571 e. The fourth-order valence-corrected chi connectivity index (χ4v) is 5.05. The molecule has 3 aliphatic heterocycles. The highest BCUT2D eigenvalue weighted by Crippen LogP contribution is 2.45. The van der Waals surface area contributed by atoms with Gasteiger partial charge in [0.15, 0.2) is 18.2 Å². The Kier molecular flexibility index (Phi) is 8.77. The molecule has 0 spiro atoms. The molecule has 0 saturated carbocycles. The van der Waals surface area contributed by atoms with Crippen LogP contribution in [-0.4, -0.2) is 130 Å². The van der Waals surface area contributed by atoms with Gasteiger partial charge in [-0.3, -0.25) is 0 Å². The maximum Gasteiger partial charge on any atom is 0.270 e. The molecular formula is C27H33O15+. The summed E-state index contributed by atoms with van der Waals surface area (Å²) in [5.41, 5.74) is 0.661. The molecule has 0 amide bonds. The molecule has 2 aromatic rings. The lowest BCUT2D eigenvalue weighted by atomic mass is 9.97. The second-order valence-electron chi connectivity index (χ2n) is 10.2. The monoisotopic (exact) mass is 597 g/mol. The van der Waals surface area contributed by atoms with Crippen molar-refractivity contribution in [3.8, 4) is 23.0 Å². The van der Waals surface area contributed by atoms with Crippen LogP contribution in [0.3, 0.4) is 0 Å². The zero-order valence-corrected chi connectivity index (χ0v) is 21.9. The first-order valence-corrected chi connectivity index (χ1v) is 13.0. The van der Waals surface area contributed by atoms with E-state index in [4.69, 9.17) is 18.9 Å². The van der Waals surface area contributed by atoms with Gasteiger partial charge < -0.3 is 74.7 Å². The van der Waals surface area contributed by atoms with Crippen molar-refractivity contribution < 1.29 is 74.7 Å². The van der Waals surface area contributed by atoms with E-state index in [1.165, 1.54) is 24.3 Å². The summed E-state index contributed by atoms with van der Waals surface area (Å²) in [5.74, 6) is -0.379. The molecule has 3 heterocycles. The summed E-state index contributed by atoms with van der Waals surface area (Å²) in [6.45, 7) is -1.48. The molecule has 0 radical (unpaired) electrons. The Morgan fingerprint density at radius 2 is 1.33 bits per heavy atom. The van der Waals surface area contributed by atoms with E-state index in [1.807, 2.05) is 0 Å². The lowest BCUT2D eigenvalue weighted by Crippen LogP contribution is -2.64. The van der Waals surface area contributed by atoms with Crippen molar-refractivity contribution in [3.05, 3.63) is 53.3 Å². The number of phenolic OH excluding ortho intramolecular Hbond substituents is 3. The van der Waals surface area contributed by atoms with Gasteiger partial charge in [-0.05, 0) is 24.3 Å². The van der Waals surface area contributed by atoms with Crippen molar-refractivity contribution in [2.75, 3.05) is 13.2 Å². The van der Waals surface area contributed by atoms with Crippen molar-refractivity contribution >= 4 is 6.08 Å². The number of hydrogen-bond donors (Lipinski definition) is 10. The third kappa shape index (κ3) is 5.71. The van der Waals surface area contributed by atoms with E-state index < -0.39 is 80.7 Å². The van der Waals surface area contributed by atoms with E-state index in [2.05, 4.69) is 4.74 Å². The summed E-state index contributed by atoms with van der Waals surface area (Å²) in [6, 6.07) is 8.32. The van der Waals surface area contributed by atoms with Gasteiger partial charge in [0.25, 0.3) is 11.9 Å². The second kappa shape index (κ2) is 12.2. The highest BCUT2D eigenvalue weighted by atomic mass is 16.8. The molecule has 15 heteroatoms. The largest absolute Gasteiger partial charge is 0.571 e. The van der Waals surface area contributed by atoms with Crippen LogP contribution >= 0.6 is 0 Å². The number of rotatable bonds is 7. The van der Waals surface area contributed by atoms with Gasteiger partial charge >= 0.3 is 0 Å². The van der Waals surface area contributed by atoms with Crippen molar-refractivity contribution in [1.29, 1.82) is 0 Å². The first-order valence-electron chi connectivity index (χ1n) is 13.0. The zero-order chi connectivity index (χ0) is 30.3. The first-order chi connectivity index (χ1) is 20.0. The number of hydrogen-bond acceptors (Lipinski definition) is 14. The lowest BCUT2D eigenvalue weighted by Gasteiger charge is -2.46. The number of ether oxygens (including phenoxy) is 5. The first kappa shape index (κ1) is 30.2. The molecule has 0 aromatic heterocycles. The fourth-order valence-electron chi connectivity index (χ4n) is 5.05. The molecule has 5 rings (SSSR count). The number of benzene rings is 2. The number of aromatic hydroxyl groups is 4. The van der Waals surface area contributed by atoms with Crippen molar-refractivity contribution in [2.45, 2.75) is 67.5 Å². The number of aliphatic hydroxyl groups excluding tert-OH is 7. The quantitative estimate of drug-likeness (QED) is 0.152. The Bertz CT molecular complexity index is 1270. The van der Waals surface area contributed by atoms with Crippen LogP contribution in [0.5, 0.6) is 23.0 Å². The van der Waals surface area contributed by atoms with Gasteiger partial charge in [-0.25, -0.2) is 0 Å². The van der Waals surface area contributed by atoms with Crippen LogP contribution in [0.25, 0.3) is 6.08 Å². The van der Waals surface area contributed by atoms with Crippen molar-refractivity contribution in [3.63, 3.8) is 0 Å². The van der Waals surface area contributed by atoms with E-state index in [9.17, 15) is 51.1 Å². The van der Waals surface area contributed by atoms with Gasteiger partial charge in [0.2, 0.25) is 6.29 Å². The summed E-state index contributed by atoms with van der Waals surface area (Å²) in [4.78, 5) is 0. The molecule has 2 fully saturated rings. The molecule has 0 aliphatic carbocycles. The van der Waals surface area contributed by atoms with Crippen LogP contribution < -0.4 is 0 Å². The van der Waals surface area contributed by atoms with Gasteiger partial charge in [-0.1, -0.05) is 0 Å². The molecule has 1 unspecified atom stereocenters. The maximum atomic E-state index is 11.0. The molecule has 2 aromatic carbocycles. The zero-order valence-electron chi connectivity index (χ0n) is 21.9. The SMILES string of the molecule is OC[C@H]1O[C@@H](O[C@H]2[C@H](OC3=Cc4c(O)cc(O)cc4[OH+]C3c3ccc(O)cc3)O[C@H](CO)[C@@H](O)[C@@H]2O)[C@H](O)[C@@H](O)[C@@H]1O. The van der Waals surface area contributed by atoms with Crippen LogP contribution in [0.2, 0.25) is 0 Å². The summed E-state index contributed by atoms with van der Waals surface area (Å²) >= 11 is 0. The van der Waals surface area contributed by atoms with Crippen LogP contribution in [0, 0.1) is 0 Å². The minimum absolute atomic E-state index is 0.0156. The van der Waals surface area contributed by atoms with Crippen LogP contribution in [0.1, 0.15) is 17.2 Å².